The lowest BCUT2D eigenvalue weighted by Crippen LogP contribution is -2.33. The van der Waals surface area contributed by atoms with Crippen molar-refractivity contribution in [2.24, 2.45) is 0 Å². The first-order valence-electron chi connectivity index (χ1n) is 11.8. The summed E-state index contributed by atoms with van der Waals surface area (Å²) in [7, 11) is 0. The van der Waals surface area contributed by atoms with Gasteiger partial charge in [0.15, 0.2) is 0 Å². The summed E-state index contributed by atoms with van der Waals surface area (Å²) in [6.45, 7) is 5.90. The topological polar surface area (TPSA) is 85.8 Å². The number of halogens is 4. The van der Waals surface area contributed by atoms with Crippen LogP contribution in [0.2, 0.25) is 0 Å². The summed E-state index contributed by atoms with van der Waals surface area (Å²) in [5, 5.41) is 7.48. The van der Waals surface area contributed by atoms with E-state index >= 15 is 0 Å². The Morgan fingerprint density at radius 1 is 1.14 bits per heavy atom. The van der Waals surface area contributed by atoms with Gasteiger partial charge in [0.05, 0.1) is 44.9 Å². The molecular weight excluding hydrogens is 490 g/mol. The van der Waals surface area contributed by atoms with E-state index in [0.717, 1.165) is 6.07 Å². The fourth-order valence-electron chi connectivity index (χ4n) is 4.77. The second-order valence-corrected chi connectivity index (χ2v) is 9.54. The number of fused-ring (bicyclic) bond motifs is 1. The molecule has 3 aromatic heterocycles. The number of hydrogen-bond donors (Lipinski definition) is 1. The lowest BCUT2D eigenvalue weighted by molar-refractivity contribution is 0.146. The van der Waals surface area contributed by atoms with Gasteiger partial charge >= 0.3 is 0 Å². The van der Waals surface area contributed by atoms with Crippen molar-refractivity contribution in [1.29, 1.82) is 0 Å². The van der Waals surface area contributed by atoms with Crippen molar-refractivity contribution < 1.29 is 22.1 Å². The van der Waals surface area contributed by atoms with E-state index in [1.807, 2.05) is 0 Å². The standard InChI is InChI=1S/C26H25F4N5O2/c1-12(16-6-5-7-17(21(16)28)23(29)30)31-24-18-10-35(26(11-27)8-9-26)25(36)20(22(18)32-15(4)33-24)19-13(2)34-37-14(19)3/h5-7,10,12,23H,8-9,11H2,1-4H3,(H,31,32,33)/t12-/m1/s1. The molecule has 0 saturated heterocycles. The molecule has 5 rings (SSSR count). The van der Waals surface area contributed by atoms with Crippen LogP contribution < -0.4 is 10.9 Å². The van der Waals surface area contributed by atoms with Crippen molar-refractivity contribution in [1.82, 2.24) is 19.7 Å². The molecular formula is C26H25F4N5O2. The van der Waals surface area contributed by atoms with E-state index in [0.29, 0.717) is 46.6 Å². The maximum atomic E-state index is 14.9. The molecule has 0 aliphatic heterocycles. The van der Waals surface area contributed by atoms with Gasteiger partial charge in [0.25, 0.3) is 12.0 Å². The fourth-order valence-corrected chi connectivity index (χ4v) is 4.77. The van der Waals surface area contributed by atoms with Gasteiger partial charge in [0.2, 0.25) is 0 Å². The van der Waals surface area contributed by atoms with Gasteiger partial charge in [-0.15, -0.1) is 0 Å². The average molecular weight is 516 g/mol. The van der Waals surface area contributed by atoms with Crippen LogP contribution in [0.15, 0.2) is 33.7 Å². The van der Waals surface area contributed by atoms with E-state index in [2.05, 4.69) is 20.4 Å². The Morgan fingerprint density at radius 2 is 1.84 bits per heavy atom. The first-order chi connectivity index (χ1) is 17.6. The van der Waals surface area contributed by atoms with E-state index in [9.17, 15) is 22.4 Å². The number of hydrogen-bond acceptors (Lipinski definition) is 6. The maximum Gasteiger partial charge on any atom is 0.266 e. The van der Waals surface area contributed by atoms with E-state index in [1.54, 1.807) is 27.7 Å². The van der Waals surface area contributed by atoms with Gasteiger partial charge in [-0.05, 0) is 40.5 Å². The van der Waals surface area contributed by atoms with Crippen LogP contribution in [-0.2, 0) is 5.54 Å². The van der Waals surface area contributed by atoms with Crippen LogP contribution in [0.4, 0.5) is 23.4 Å². The zero-order valence-electron chi connectivity index (χ0n) is 20.7. The Balaban J connectivity index is 1.74. The van der Waals surface area contributed by atoms with Crippen LogP contribution >= 0.6 is 0 Å². The monoisotopic (exact) mass is 515 g/mol. The molecule has 3 heterocycles. The Kier molecular flexibility index (Phi) is 6.04. The van der Waals surface area contributed by atoms with Gasteiger partial charge in [-0.2, -0.15) is 0 Å². The second-order valence-electron chi connectivity index (χ2n) is 9.54. The summed E-state index contributed by atoms with van der Waals surface area (Å²) in [4.78, 5) is 22.8. The smallest absolute Gasteiger partial charge is 0.266 e. The SMILES string of the molecule is Cc1nc(N[C@H](C)c2cccc(C(F)F)c2F)c2cn(C3(CF)CC3)c(=O)c(-c3c(C)noc3C)c2n1. The predicted octanol–water partition coefficient (Wildman–Crippen LogP) is 6.08. The van der Waals surface area contributed by atoms with Crippen molar-refractivity contribution in [3.63, 3.8) is 0 Å². The Bertz CT molecular complexity index is 1560. The number of anilines is 1. The summed E-state index contributed by atoms with van der Waals surface area (Å²) in [5.74, 6) is -0.0203. The van der Waals surface area contributed by atoms with Gasteiger partial charge in [-0.25, -0.2) is 27.5 Å². The molecule has 0 unspecified atom stereocenters. The molecule has 1 N–H and O–H groups in total. The van der Waals surface area contributed by atoms with Gasteiger partial charge < -0.3 is 14.4 Å². The van der Waals surface area contributed by atoms with Crippen LogP contribution in [0.3, 0.4) is 0 Å². The third kappa shape index (κ3) is 4.06. The zero-order valence-corrected chi connectivity index (χ0v) is 20.7. The molecule has 11 heteroatoms. The highest BCUT2D eigenvalue weighted by molar-refractivity contribution is 5.99. The van der Waals surface area contributed by atoms with E-state index < -0.39 is 41.6 Å². The summed E-state index contributed by atoms with van der Waals surface area (Å²) in [6, 6.07) is 3.06. The second kappa shape index (κ2) is 8.97. The quantitative estimate of drug-likeness (QED) is 0.300. The summed E-state index contributed by atoms with van der Waals surface area (Å²) < 4.78 is 62.3. The molecule has 0 bridgehead atoms. The lowest BCUT2D eigenvalue weighted by atomic mass is 10.0. The Hall–Kier alpha value is -3.76. The van der Waals surface area contributed by atoms with Gasteiger partial charge in [0.1, 0.15) is 29.9 Å². The number of aromatic nitrogens is 4. The molecule has 1 aliphatic rings. The lowest BCUT2D eigenvalue weighted by Gasteiger charge is -2.22. The minimum atomic E-state index is -2.96. The van der Waals surface area contributed by atoms with E-state index in [4.69, 9.17) is 4.52 Å². The van der Waals surface area contributed by atoms with Crippen LogP contribution in [0.1, 0.15) is 60.6 Å². The largest absolute Gasteiger partial charge is 0.363 e. The van der Waals surface area contributed by atoms with Crippen molar-refractivity contribution in [2.45, 2.75) is 58.5 Å². The number of aryl methyl sites for hydroxylation is 3. The third-order valence-corrected chi connectivity index (χ3v) is 6.97. The number of rotatable bonds is 7. The van der Waals surface area contributed by atoms with Crippen molar-refractivity contribution in [3.05, 3.63) is 69.0 Å². The first kappa shape index (κ1) is 24.9. The first-order valence-corrected chi connectivity index (χ1v) is 11.8. The van der Waals surface area contributed by atoms with Crippen LogP contribution in [0.5, 0.6) is 0 Å². The molecule has 7 nitrogen and oxygen atoms in total. The Labute approximate surface area is 209 Å². The van der Waals surface area contributed by atoms with Gasteiger partial charge in [-0.1, -0.05) is 23.4 Å². The van der Waals surface area contributed by atoms with Gasteiger partial charge in [0, 0.05) is 11.8 Å². The highest BCUT2D eigenvalue weighted by Gasteiger charge is 2.46. The van der Waals surface area contributed by atoms with Crippen molar-refractivity contribution >= 4 is 16.7 Å². The maximum absolute atomic E-state index is 14.9. The summed E-state index contributed by atoms with van der Waals surface area (Å²) in [5.41, 5.74) is -0.605. The highest BCUT2D eigenvalue weighted by atomic mass is 19.3. The molecule has 4 aromatic rings. The minimum absolute atomic E-state index is 0.0314. The summed E-state index contributed by atoms with van der Waals surface area (Å²) in [6.07, 6.45) is -0.454. The third-order valence-electron chi connectivity index (χ3n) is 6.97. The van der Waals surface area contributed by atoms with Gasteiger partial charge in [-0.3, -0.25) is 4.79 Å². The number of nitrogens with zero attached hydrogens (tertiary/aromatic N) is 4. The molecule has 0 radical (unpaired) electrons. The number of benzene rings is 1. The van der Waals surface area contributed by atoms with Crippen molar-refractivity contribution in [2.75, 3.05) is 12.0 Å². The predicted molar refractivity (Wildman–Crippen MR) is 130 cm³/mol. The number of pyridine rings is 1. The molecule has 194 valence electrons. The molecule has 1 aromatic carbocycles. The Morgan fingerprint density at radius 3 is 2.43 bits per heavy atom. The molecule has 0 amide bonds. The molecule has 0 spiro atoms. The van der Waals surface area contributed by atoms with Crippen LogP contribution in [0, 0.1) is 26.6 Å². The average Bonchev–Trinajstić information content (AvgIpc) is 3.58. The normalized spacial score (nSPS) is 15.4. The molecule has 1 aliphatic carbocycles. The van der Waals surface area contributed by atoms with Crippen LogP contribution in [0.25, 0.3) is 22.0 Å². The zero-order chi connectivity index (χ0) is 26.6. The van der Waals surface area contributed by atoms with E-state index in [-0.39, 0.29) is 16.9 Å². The minimum Gasteiger partial charge on any atom is -0.363 e. The van der Waals surface area contributed by atoms with Crippen LogP contribution in [-0.4, -0.2) is 26.4 Å². The number of alkyl halides is 3. The molecule has 1 saturated carbocycles. The molecule has 37 heavy (non-hydrogen) atoms. The highest BCUT2D eigenvalue weighted by Crippen LogP contribution is 2.44. The molecule has 1 fully saturated rings. The van der Waals surface area contributed by atoms with Crippen molar-refractivity contribution in [3.8, 4) is 11.1 Å². The number of nitrogens with one attached hydrogen (secondary N) is 1. The summed E-state index contributed by atoms with van der Waals surface area (Å²) >= 11 is 0. The fraction of sp³-hybridized carbons (Fsp3) is 0.385. The van der Waals surface area contributed by atoms with E-state index in [1.165, 1.54) is 22.9 Å². The molecule has 1 atom stereocenters.